The zero-order chi connectivity index (χ0) is 26.7. The monoisotopic (exact) mass is 515 g/mol. The average Bonchev–Trinajstić information content (AvgIpc) is 2.93. The summed E-state index contributed by atoms with van der Waals surface area (Å²) < 4.78 is 11.4. The number of aliphatic imine (C=N–C) groups is 1. The van der Waals surface area contributed by atoms with E-state index < -0.39 is 6.03 Å². The Hall–Kier alpha value is -4.37. The predicted molar refractivity (Wildman–Crippen MR) is 149 cm³/mol. The van der Waals surface area contributed by atoms with Crippen LogP contribution < -0.4 is 16.4 Å². The van der Waals surface area contributed by atoms with Gasteiger partial charge in [0.05, 0.1) is 11.4 Å². The molecule has 1 heterocycles. The van der Waals surface area contributed by atoms with Gasteiger partial charge in [-0.15, -0.1) is 0 Å². The van der Waals surface area contributed by atoms with E-state index in [0.29, 0.717) is 48.8 Å². The Balaban J connectivity index is 1.38. The number of ether oxygens (including phenoxy) is 2. The van der Waals surface area contributed by atoms with Crippen LogP contribution in [0.3, 0.4) is 0 Å². The van der Waals surface area contributed by atoms with Gasteiger partial charge >= 0.3 is 6.03 Å². The van der Waals surface area contributed by atoms with E-state index in [1.54, 1.807) is 35.4 Å². The Bertz CT molecular complexity index is 1260. The van der Waals surface area contributed by atoms with E-state index in [2.05, 4.69) is 27.8 Å². The minimum Gasteiger partial charge on any atom is -0.488 e. The number of carbonyl (C=O) groups excluding carboxylic acids is 2. The second kappa shape index (κ2) is 13.3. The third-order valence-electron chi connectivity index (χ3n) is 6.09. The van der Waals surface area contributed by atoms with Crippen molar-refractivity contribution < 1.29 is 19.1 Å². The molecule has 0 radical (unpaired) electrons. The number of rotatable bonds is 9. The molecular weight excluding hydrogens is 482 g/mol. The molecular formula is C29H33N5O4. The van der Waals surface area contributed by atoms with Crippen LogP contribution in [0.5, 0.6) is 0 Å². The highest BCUT2D eigenvalue weighted by Crippen LogP contribution is 2.23. The van der Waals surface area contributed by atoms with Crippen molar-refractivity contribution in [2.45, 2.75) is 25.8 Å². The Labute approximate surface area is 222 Å². The molecule has 0 saturated carbocycles. The largest absolute Gasteiger partial charge is 0.488 e. The van der Waals surface area contributed by atoms with Crippen LogP contribution in [0.15, 0.2) is 89.3 Å². The SMILES string of the molecule is CNCCN(Cc1ccc(C(=O)Nc2ccccc2N)cc1)C(=O)N=C1COC=C(CC2=CC=CCC2)O1. The van der Waals surface area contributed by atoms with Crippen LogP contribution >= 0.6 is 0 Å². The summed E-state index contributed by atoms with van der Waals surface area (Å²) in [5.41, 5.74) is 9.57. The summed E-state index contributed by atoms with van der Waals surface area (Å²) >= 11 is 0. The summed E-state index contributed by atoms with van der Waals surface area (Å²) in [7, 11) is 1.83. The maximum Gasteiger partial charge on any atom is 0.347 e. The van der Waals surface area contributed by atoms with Gasteiger partial charge in [0.25, 0.3) is 5.91 Å². The predicted octanol–water partition coefficient (Wildman–Crippen LogP) is 4.62. The van der Waals surface area contributed by atoms with Gasteiger partial charge in [-0.2, -0.15) is 4.99 Å². The van der Waals surface area contributed by atoms with Crippen molar-refractivity contribution in [3.8, 4) is 0 Å². The fraction of sp³-hybridized carbons (Fsp3) is 0.276. The van der Waals surface area contributed by atoms with Gasteiger partial charge in [0.15, 0.2) is 6.61 Å². The maximum absolute atomic E-state index is 13.1. The number of benzene rings is 2. The molecule has 38 heavy (non-hydrogen) atoms. The Morgan fingerprint density at radius 2 is 1.95 bits per heavy atom. The molecule has 1 aliphatic heterocycles. The molecule has 9 nitrogen and oxygen atoms in total. The highest BCUT2D eigenvalue weighted by atomic mass is 16.6. The zero-order valence-electron chi connectivity index (χ0n) is 21.5. The van der Waals surface area contributed by atoms with E-state index in [9.17, 15) is 9.59 Å². The fourth-order valence-corrected chi connectivity index (χ4v) is 4.02. The number of allylic oxidation sites excluding steroid dienone is 4. The van der Waals surface area contributed by atoms with Crippen LogP contribution in [0.4, 0.5) is 16.2 Å². The normalized spacial score (nSPS) is 15.7. The third-order valence-corrected chi connectivity index (χ3v) is 6.09. The number of nitrogens with two attached hydrogens (primary N) is 1. The topological polar surface area (TPSA) is 118 Å². The van der Waals surface area contributed by atoms with E-state index in [1.165, 1.54) is 5.57 Å². The van der Waals surface area contributed by atoms with Crippen molar-refractivity contribution in [2.24, 2.45) is 4.99 Å². The number of para-hydroxylation sites is 2. The molecule has 2 aromatic rings. The summed E-state index contributed by atoms with van der Waals surface area (Å²) in [6.45, 7) is 1.47. The van der Waals surface area contributed by atoms with Crippen molar-refractivity contribution in [1.82, 2.24) is 10.2 Å². The summed E-state index contributed by atoms with van der Waals surface area (Å²) in [6.07, 6.45) is 10.4. The van der Waals surface area contributed by atoms with Crippen LogP contribution in [-0.2, 0) is 16.0 Å². The van der Waals surface area contributed by atoms with Gasteiger partial charge in [-0.05, 0) is 49.7 Å². The van der Waals surface area contributed by atoms with Crippen molar-refractivity contribution in [3.63, 3.8) is 0 Å². The molecule has 4 N–H and O–H groups in total. The molecule has 1 aliphatic carbocycles. The van der Waals surface area contributed by atoms with Crippen molar-refractivity contribution >= 4 is 29.2 Å². The zero-order valence-corrected chi connectivity index (χ0v) is 21.5. The molecule has 0 aromatic heterocycles. The number of carbonyl (C=O) groups is 2. The van der Waals surface area contributed by atoms with Crippen molar-refractivity contribution in [3.05, 3.63) is 95.5 Å². The number of nitrogen functional groups attached to an aromatic ring is 1. The molecule has 9 heteroatoms. The van der Waals surface area contributed by atoms with Crippen LogP contribution in [0, 0.1) is 0 Å². The number of anilines is 2. The number of likely N-dealkylation sites (N-methyl/N-ethyl adjacent to an activating group) is 1. The van der Waals surface area contributed by atoms with Crippen LogP contribution in [0.2, 0.25) is 0 Å². The van der Waals surface area contributed by atoms with Gasteiger partial charge in [-0.3, -0.25) is 4.79 Å². The summed E-state index contributed by atoms with van der Waals surface area (Å²) in [5, 5.41) is 5.88. The molecule has 0 bridgehead atoms. The van der Waals surface area contributed by atoms with Gasteiger partial charge in [0, 0.05) is 31.6 Å². The second-order valence-electron chi connectivity index (χ2n) is 9.02. The van der Waals surface area contributed by atoms with E-state index >= 15 is 0 Å². The average molecular weight is 516 g/mol. The first-order valence-electron chi connectivity index (χ1n) is 12.6. The van der Waals surface area contributed by atoms with E-state index in [4.69, 9.17) is 15.2 Å². The quantitative estimate of drug-likeness (QED) is 0.420. The Kier molecular flexibility index (Phi) is 9.31. The van der Waals surface area contributed by atoms with Gasteiger partial charge < -0.3 is 30.7 Å². The molecule has 198 valence electrons. The van der Waals surface area contributed by atoms with Gasteiger partial charge in [0.2, 0.25) is 5.90 Å². The fourth-order valence-electron chi connectivity index (χ4n) is 4.02. The number of urea groups is 1. The lowest BCUT2D eigenvalue weighted by atomic mass is 10.0. The highest BCUT2D eigenvalue weighted by molar-refractivity contribution is 6.05. The van der Waals surface area contributed by atoms with Gasteiger partial charge in [-0.1, -0.05) is 48.1 Å². The minimum atomic E-state index is -0.415. The van der Waals surface area contributed by atoms with Crippen LogP contribution in [-0.4, -0.2) is 49.5 Å². The van der Waals surface area contributed by atoms with Gasteiger partial charge in [-0.25, -0.2) is 4.79 Å². The first-order chi connectivity index (χ1) is 18.5. The minimum absolute atomic E-state index is 0.101. The van der Waals surface area contributed by atoms with E-state index in [-0.39, 0.29) is 18.4 Å². The second-order valence-corrected chi connectivity index (χ2v) is 9.02. The smallest absolute Gasteiger partial charge is 0.347 e. The molecule has 0 spiro atoms. The van der Waals surface area contributed by atoms with Crippen molar-refractivity contribution in [2.75, 3.05) is 37.8 Å². The van der Waals surface area contributed by atoms with E-state index in [1.807, 2.05) is 37.4 Å². The Morgan fingerprint density at radius 1 is 1.13 bits per heavy atom. The lowest BCUT2D eigenvalue weighted by Gasteiger charge is -2.22. The molecule has 0 atom stereocenters. The number of hydrogen-bond donors (Lipinski definition) is 3. The number of hydrogen-bond acceptors (Lipinski definition) is 6. The molecule has 0 unspecified atom stereocenters. The third kappa shape index (κ3) is 7.57. The summed E-state index contributed by atoms with van der Waals surface area (Å²) in [6, 6.07) is 13.8. The standard InChI is InChI=1S/C29H33N5O4/c1-31-15-16-34(29(36)33-27-20-37-19-24(38-27)17-21-7-3-2-4-8-21)18-22-11-13-23(14-12-22)28(35)32-26-10-6-5-9-25(26)30/h2-3,5-7,9-14,19,31H,4,8,15-18,20,30H2,1H3,(H,32,35). The van der Waals surface area contributed by atoms with Crippen LogP contribution in [0.25, 0.3) is 0 Å². The molecule has 4 rings (SSSR count). The molecule has 2 aliphatic rings. The maximum atomic E-state index is 13.1. The lowest BCUT2D eigenvalue weighted by molar-refractivity contribution is 0.102. The van der Waals surface area contributed by atoms with Gasteiger partial charge in [0.1, 0.15) is 12.0 Å². The first kappa shape index (κ1) is 26.7. The Morgan fingerprint density at radius 3 is 2.68 bits per heavy atom. The van der Waals surface area contributed by atoms with Crippen molar-refractivity contribution in [1.29, 1.82) is 0 Å². The summed E-state index contributed by atoms with van der Waals surface area (Å²) in [5.74, 6) is 0.612. The highest BCUT2D eigenvalue weighted by Gasteiger charge is 2.19. The number of nitrogens with one attached hydrogen (secondary N) is 2. The number of nitrogens with zero attached hydrogens (tertiary/aromatic N) is 2. The molecule has 3 amide bonds. The molecule has 0 fully saturated rings. The first-order valence-corrected chi connectivity index (χ1v) is 12.6. The number of amides is 3. The molecule has 2 aromatic carbocycles. The lowest BCUT2D eigenvalue weighted by Crippen LogP contribution is -2.35. The van der Waals surface area contributed by atoms with E-state index in [0.717, 1.165) is 18.4 Å². The van der Waals surface area contributed by atoms with Crippen LogP contribution in [0.1, 0.15) is 35.2 Å². The molecule has 0 saturated heterocycles. The summed E-state index contributed by atoms with van der Waals surface area (Å²) in [4.78, 5) is 31.5.